The summed E-state index contributed by atoms with van der Waals surface area (Å²) in [5, 5.41) is 0. The van der Waals surface area contributed by atoms with Crippen molar-refractivity contribution in [2.24, 2.45) is 0 Å². The van der Waals surface area contributed by atoms with E-state index in [-0.39, 0.29) is 0 Å². The van der Waals surface area contributed by atoms with Crippen molar-refractivity contribution in [2.45, 2.75) is 25.7 Å². The van der Waals surface area contributed by atoms with E-state index in [1.54, 1.807) is 0 Å². The molecule has 0 bridgehead atoms. The SMILES string of the molecule is CCCc1ccc2c(c1Br)C=CC2c1ccccc1. The molecule has 0 amide bonds. The number of rotatable bonds is 3. The highest BCUT2D eigenvalue weighted by atomic mass is 79.9. The summed E-state index contributed by atoms with van der Waals surface area (Å²) in [6.45, 7) is 2.22. The molecule has 0 saturated heterocycles. The maximum atomic E-state index is 3.78. The van der Waals surface area contributed by atoms with Gasteiger partial charge in [-0.25, -0.2) is 0 Å². The van der Waals surface area contributed by atoms with E-state index in [2.05, 4.69) is 77.5 Å². The third-order valence-corrected chi connectivity index (χ3v) is 4.70. The van der Waals surface area contributed by atoms with Crippen LogP contribution in [0.15, 0.2) is 53.0 Å². The third kappa shape index (κ3) is 2.28. The molecular weight excluding hydrogens is 296 g/mol. The van der Waals surface area contributed by atoms with Crippen LogP contribution in [0.4, 0.5) is 0 Å². The van der Waals surface area contributed by atoms with E-state index in [0.29, 0.717) is 5.92 Å². The zero-order valence-electron chi connectivity index (χ0n) is 11.1. The van der Waals surface area contributed by atoms with E-state index < -0.39 is 0 Å². The number of hydrogen-bond acceptors (Lipinski definition) is 0. The quantitative estimate of drug-likeness (QED) is 0.696. The molecule has 2 aromatic rings. The summed E-state index contributed by atoms with van der Waals surface area (Å²) in [6.07, 6.45) is 6.89. The largest absolute Gasteiger partial charge is 0.0720 e. The summed E-state index contributed by atoms with van der Waals surface area (Å²) < 4.78 is 1.28. The van der Waals surface area contributed by atoms with E-state index in [0.717, 1.165) is 6.42 Å². The summed E-state index contributed by atoms with van der Waals surface area (Å²) in [5.74, 6) is 0.406. The summed E-state index contributed by atoms with van der Waals surface area (Å²) >= 11 is 3.78. The average molecular weight is 313 g/mol. The van der Waals surface area contributed by atoms with Crippen LogP contribution in [0.2, 0.25) is 0 Å². The Morgan fingerprint density at radius 2 is 1.84 bits per heavy atom. The van der Waals surface area contributed by atoms with Gasteiger partial charge in [0.05, 0.1) is 0 Å². The smallest absolute Gasteiger partial charge is 0.0282 e. The van der Waals surface area contributed by atoms with Gasteiger partial charge in [0.1, 0.15) is 0 Å². The second-order valence-electron chi connectivity index (χ2n) is 5.04. The maximum absolute atomic E-state index is 3.78. The zero-order chi connectivity index (χ0) is 13.2. The van der Waals surface area contributed by atoms with E-state index in [4.69, 9.17) is 0 Å². The van der Waals surface area contributed by atoms with Gasteiger partial charge in [-0.2, -0.15) is 0 Å². The van der Waals surface area contributed by atoms with Crippen molar-refractivity contribution in [1.29, 1.82) is 0 Å². The lowest BCUT2D eigenvalue weighted by Gasteiger charge is -2.14. The monoisotopic (exact) mass is 312 g/mol. The highest BCUT2D eigenvalue weighted by Gasteiger charge is 2.21. The van der Waals surface area contributed by atoms with Gasteiger partial charge in [0.2, 0.25) is 0 Å². The van der Waals surface area contributed by atoms with Crippen molar-refractivity contribution in [3.05, 3.63) is 75.3 Å². The molecule has 0 nitrogen and oxygen atoms in total. The van der Waals surface area contributed by atoms with Crippen LogP contribution in [0, 0.1) is 0 Å². The summed E-state index contributed by atoms with van der Waals surface area (Å²) in [6, 6.07) is 15.3. The van der Waals surface area contributed by atoms with Gasteiger partial charge in [-0.05, 0) is 44.6 Å². The fourth-order valence-electron chi connectivity index (χ4n) is 2.80. The molecule has 0 N–H and O–H groups in total. The predicted molar refractivity (Wildman–Crippen MR) is 85.5 cm³/mol. The van der Waals surface area contributed by atoms with Crippen LogP contribution in [0.3, 0.4) is 0 Å². The minimum atomic E-state index is 0.406. The Morgan fingerprint density at radius 1 is 1.05 bits per heavy atom. The lowest BCUT2D eigenvalue weighted by atomic mass is 9.92. The summed E-state index contributed by atoms with van der Waals surface area (Å²) in [5.41, 5.74) is 5.56. The third-order valence-electron chi connectivity index (χ3n) is 3.76. The number of allylic oxidation sites excluding steroid dienone is 1. The molecule has 3 rings (SSSR count). The first kappa shape index (κ1) is 12.7. The molecule has 0 aromatic heterocycles. The molecule has 0 radical (unpaired) electrons. The van der Waals surface area contributed by atoms with E-state index in [1.165, 1.54) is 33.1 Å². The molecule has 1 aliphatic rings. The van der Waals surface area contributed by atoms with E-state index in [9.17, 15) is 0 Å². The predicted octanol–water partition coefficient (Wildman–Crippen LogP) is 5.56. The van der Waals surface area contributed by atoms with Crippen molar-refractivity contribution >= 4 is 22.0 Å². The molecule has 2 aromatic carbocycles. The van der Waals surface area contributed by atoms with E-state index >= 15 is 0 Å². The number of halogens is 1. The van der Waals surface area contributed by atoms with Crippen LogP contribution in [0.25, 0.3) is 6.08 Å². The topological polar surface area (TPSA) is 0 Å². The Hall–Kier alpha value is -1.34. The first-order valence-corrected chi connectivity index (χ1v) is 7.65. The second-order valence-corrected chi connectivity index (χ2v) is 5.83. The van der Waals surface area contributed by atoms with Crippen LogP contribution < -0.4 is 0 Å². The van der Waals surface area contributed by atoms with Gasteiger partial charge in [0.15, 0.2) is 0 Å². The van der Waals surface area contributed by atoms with E-state index in [1.807, 2.05) is 0 Å². The van der Waals surface area contributed by atoms with Gasteiger partial charge in [0, 0.05) is 10.4 Å². The molecule has 0 fully saturated rings. The van der Waals surface area contributed by atoms with Crippen molar-refractivity contribution in [1.82, 2.24) is 0 Å². The van der Waals surface area contributed by atoms with Gasteiger partial charge >= 0.3 is 0 Å². The normalized spacial score (nSPS) is 16.6. The minimum Gasteiger partial charge on any atom is -0.0720 e. The van der Waals surface area contributed by atoms with Crippen LogP contribution in [-0.2, 0) is 6.42 Å². The van der Waals surface area contributed by atoms with Gasteiger partial charge in [-0.15, -0.1) is 0 Å². The fraction of sp³-hybridized carbons (Fsp3) is 0.222. The Bertz CT molecular complexity index is 611. The standard InChI is InChI=1S/C18H17Br/c1-2-6-14-9-10-16-15(11-12-17(16)18(14)19)13-7-4-3-5-8-13/h3-5,7-12,15H,2,6H2,1H3. The van der Waals surface area contributed by atoms with Crippen molar-refractivity contribution in [3.63, 3.8) is 0 Å². The highest BCUT2D eigenvalue weighted by Crippen LogP contribution is 2.40. The average Bonchev–Trinajstić information content (AvgIpc) is 2.88. The maximum Gasteiger partial charge on any atom is 0.0282 e. The summed E-state index contributed by atoms with van der Waals surface area (Å²) in [4.78, 5) is 0. The van der Waals surface area contributed by atoms with Crippen molar-refractivity contribution in [3.8, 4) is 0 Å². The van der Waals surface area contributed by atoms with Gasteiger partial charge in [-0.3, -0.25) is 0 Å². The molecule has 1 atom stereocenters. The van der Waals surface area contributed by atoms with Crippen molar-refractivity contribution in [2.75, 3.05) is 0 Å². The Morgan fingerprint density at radius 3 is 2.58 bits per heavy atom. The van der Waals surface area contributed by atoms with Crippen molar-refractivity contribution < 1.29 is 0 Å². The van der Waals surface area contributed by atoms with Crippen LogP contribution >= 0.6 is 15.9 Å². The number of fused-ring (bicyclic) bond motifs is 1. The lowest BCUT2D eigenvalue weighted by Crippen LogP contribution is -1.97. The summed E-state index contributed by atoms with van der Waals surface area (Å²) in [7, 11) is 0. The molecule has 0 aliphatic heterocycles. The van der Waals surface area contributed by atoms with Gasteiger partial charge in [-0.1, -0.05) is 68.0 Å². The fourth-order valence-corrected chi connectivity index (χ4v) is 3.49. The molecular formula is C18H17Br. The molecule has 0 heterocycles. The first-order chi connectivity index (χ1) is 9.31. The van der Waals surface area contributed by atoms with Gasteiger partial charge < -0.3 is 0 Å². The molecule has 1 unspecified atom stereocenters. The van der Waals surface area contributed by atoms with Crippen LogP contribution in [0.1, 0.15) is 41.5 Å². The Balaban J connectivity index is 2.03. The molecule has 0 spiro atoms. The lowest BCUT2D eigenvalue weighted by molar-refractivity contribution is 0.913. The minimum absolute atomic E-state index is 0.406. The molecule has 19 heavy (non-hydrogen) atoms. The highest BCUT2D eigenvalue weighted by molar-refractivity contribution is 9.10. The molecule has 1 heteroatoms. The Labute approximate surface area is 123 Å². The zero-order valence-corrected chi connectivity index (χ0v) is 12.7. The molecule has 1 aliphatic carbocycles. The number of hydrogen-bond donors (Lipinski definition) is 0. The Kier molecular flexibility index (Phi) is 3.56. The number of aryl methyl sites for hydroxylation is 1. The van der Waals surface area contributed by atoms with Gasteiger partial charge in [0.25, 0.3) is 0 Å². The molecule has 96 valence electrons. The van der Waals surface area contributed by atoms with Crippen LogP contribution in [-0.4, -0.2) is 0 Å². The second kappa shape index (κ2) is 5.34. The van der Waals surface area contributed by atoms with Crippen LogP contribution in [0.5, 0.6) is 0 Å². The first-order valence-electron chi connectivity index (χ1n) is 6.85. The molecule has 0 saturated carbocycles. The number of benzene rings is 2.